The number of rotatable bonds is 5. The number of carboxylic acid groups (broad SMARTS) is 1. The average molecular weight is 234 g/mol. The van der Waals surface area contributed by atoms with Crippen molar-refractivity contribution in [2.75, 3.05) is 0 Å². The Hall–Kier alpha value is -0.670. The topological polar surface area (TPSA) is 37.3 Å². The summed E-state index contributed by atoms with van der Waals surface area (Å²) >= 11 is 0. The molecule has 1 aliphatic carbocycles. The number of alkyl halides is 2. The Morgan fingerprint density at radius 1 is 1.38 bits per heavy atom. The Morgan fingerprint density at radius 2 is 1.94 bits per heavy atom. The van der Waals surface area contributed by atoms with Crippen LogP contribution < -0.4 is 0 Å². The molecule has 0 aromatic carbocycles. The largest absolute Gasteiger partial charge is 0.481 e. The van der Waals surface area contributed by atoms with Crippen LogP contribution in [0.15, 0.2) is 0 Å². The first kappa shape index (κ1) is 13.4. The number of hydrogen-bond acceptors (Lipinski definition) is 1. The van der Waals surface area contributed by atoms with Crippen molar-refractivity contribution in [2.24, 2.45) is 11.8 Å². The molecule has 1 rings (SSSR count). The molecule has 94 valence electrons. The van der Waals surface area contributed by atoms with Crippen molar-refractivity contribution in [2.45, 2.75) is 57.8 Å². The second kappa shape index (κ2) is 5.60. The number of carboxylic acids is 1. The zero-order chi connectivity index (χ0) is 12.2. The molecule has 0 aromatic rings. The van der Waals surface area contributed by atoms with Gasteiger partial charge in [-0.05, 0) is 19.3 Å². The predicted molar refractivity (Wildman–Crippen MR) is 57.6 cm³/mol. The van der Waals surface area contributed by atoms with Gasteiger partial charge in [-0.25, -0.2) is 8.78 Å². The van der Waals surface area contributed by atoms with Gasteiger partial charge in [-0.3, -0.25) is 4.79 Å². The summed E-state index contributed by atoms with van der Waals surface area (Å²) in [4.78, 5) is 10.9. The standard InChI is InChI=1S/C12H20F2O2/c1-12(13,14)8-10(11(15)16)7-9-5-3-2-4-6-9/h9-10H,2-8H2,1H3,(H,15,16). The minimum absolute atomic E-state index is 0.331. The second-order valence-corrected chi connectivity index (χ2v) is 5.05. The monoisotopic (exact) mass is 234 g/mol. The molecule has 4 heteroatoms. The van der Waals surface area contributed by atoms with Gasteiger partial charge in [-0.15, -0.1) is 0 Å². The molecule has 1 saturated carbocycles. The molecule has 1 fully saturated rings. The van der Waals surface area contributed by atoms with Crippen LogP contribution in [0.25, 0.3) is 0 Å². The van der Waals surface area contributed by atoms with Crippen molar-refractivity contribution >= 4 is 5.97 Å². The van der Waals surface area contributed by atoms with Gasteiger partial charge in [0.05, 0.1) is 5.92 Å². The van der Waals surface area contributed by atoms with Gasteiger partial charge in [0, 0.05) is 6.42 Å². The van der Waals surface area contributed by atoms with Crippen LogP contribution in [0.3, 0.4) is 0 Å². The average Bonchev–Trinajstić information content (AvgIpc) is 2.16. The van der Waals surface area contributed by atoms with Crippen molar-refractivity contribution in [3.63, 3.8) is 0 Å². The Morgan fingerprint density at radius 3 is 2.38 bits per heavy atom. The first-order valence-electron chi connectivity index (χ1n) is 5.99. The molecule has 0 saturated heterocycles. The minimum Gasteiger partial charge on any atom is -0.481 e. The number of hydrogen-bond donors (Lipinski definition) is 1. The van der Waals surface area contributed by atoms with Crippen molar-refractivity contribution in [1.29, 1.82) is 0 Å². The predicted octanol–water partition coefficient (Wildman–Crippen LogP) is 3.70. The highest BCUT2D eigenvalue weighted by molar-refractivity contribution is 5.70. The maximum Gasteiger partial charge on any atom is 0.306 e. The third-order valence-electron chi connectivity index (χ3n) is 3.30. The Balaban J connectivity index is 2.47. The molecule has 0 aliphatic heterocycles. The third-order valence-corrected chi connectivity index (χ3v) is 3.30. The molecule has 1 atom stereocenters. The summed E-state index contributed by atoms with van der Waals surface area (Å²) in [6.45, 7) is 0.795. The van der Waals surface area contributed by atoms with Gasteiger partial charge < -0.3 is 5.11 Å². The van der Waals surface area contributed by atoms with Crippen LogP contribution in [0, 0.1) is 11.8 Å². The van der Waals surface area contributed by atoms with Gasteiger partial charge in [0.1, 0.15) is 0 Å². The highest BCUT2D eigenvalue weighted by Crippen LogP contribution is 2.33. The lowest BCUT2D eigenvalue weighted by Crippen LogP contribution is -2.26. The van der Waals surface area contributed by atoms with Gasteiger partial charge in [-0.1, -0.05) is 32.1 Å². The molecule has 0 heterocycles. The van der Waals surface area contributed by atoms with Crippen LogP contribution in [0.4, 0.5) is 8.78 Å². The minimum atomic E-state index is -2.88. The lowest BCUT2D eigenvalue weighted by molar-refractivity contribution is -0.146. The molecule has 2 nitrogen and oxygen atoms in total. The summed E-state index contributed by atoms with van der Waals surface area (Å²) in [5.74, 6) is -4.51. The fraction of sp³-hybridized carbons (Fsp3) is 0.917. The summed E-state index contributed by atoms with van der Waals surface area (Å²) < 4.78 is 25.6. The smallest absolute Gasteiger partial charge is 0.306 e. The van der Waals surface area contributed by atoms with E-state index in [9.17, 15) is 13.6 Å². The van der Waals surface area contributed by atoms with Crippen molar-refractivity contribution in [3.05, 3.63) is 0 Å². The summed E-state index contributed by atoms with van der Waals surface area (Å²) in [6, 6.07) is 0. The van der Waals surface area contributed by atoms with Crippen LogP contribution in [0.5, 0.6) is 0 Å². The molecule has 0 spiro atoms. The molecular formula is C12H20F2O2. The lowest BCUT2D eigenvalue weighted by Gasteiger charge is -2.25. The zero-order valence-electron chi connectivity index (χ0n) is 9.72. The van der Waals surface area contributed by atoms with E-state index < -0.39 is 24.2 Å². The van der Waals surface area contributed by atoms with Gasteiger partial charge in [0.2, 0.25) is 5.92 Å². The first-order chi connectivity index (χ1) is 7.38. The SMILES string of the molecule is CC(F)(F)CC(CC1CCCCC1)C(=O)O. The molecule has 0 radical (unpaired) electrons. The molecule has 0 bridgehead atoms. The van der Waals surface area contributed by atoms with Gasteiger partial charge in [0.25, 0.3) is 0 Å². The maximum absolute atomic E-state index is 12.8. The fourth-order valence-electron chi connectivity index (χ4n) is 2.53. The molecular weight excluding hydrogens is 214 g/mol. The van der Waals surface area contributed by atoms with Crippen molar-refractivity contribution in [3.8, 4) is 0 Å². The highest BCUT2D eigenvalue weighted by Gasteiger charge is 2.32. The molecule has 0 aromatic heterocycles. The Labute approximate surface area is 95.0 Å². The van der Waals surface area contributed by atoms with E-state index in [-0.39, 0.29) is 0 Å². The Kier molecular flexibility index (Phi) is 4.69. The van der Waals surface area contributed by atoms with Crippen LogP contribution in [0.1, 0.15) is 51.9 Å². The summed E-state index contributed by atoms with van der Waals surface area (Å²) in [5.41, 5.74) is 0. The normalized spacial score (nSPS) is 20.7. The van der Waals surface area contributed by atoms with Crippen LogP contribution >= 0.6 is 0 Å². The van der Waals surface area contributed by atoms with Gasteiger partial charge in [-0.2, -0.15) is 0 Å². The zero-order valence-corrected chi connectivity index (χ0v) is 9.72. The highest BCUT2D eigenvalue weighted by atomic mass is 19.3. The first-order valence-corrected chi connectivity index (χ1v) is 5.99. The van der Waals surface area contributed by atoms with Crippen LogP contribution in [-0.2, 0) is 4.79 Å². The summed E-state index contributed by atoms with van der Waals surface area (Å²) in [5, 5.41) is 8.93. The van der Waals surface area contributed by atoms with Gasteiger partial charge >= 0.3 is 5.97 Å². The van der Waals surface area contributed by atoms with E-state index >= 15 is 0 Å². The van der Waals surface area contributed by atoms with Crippen molar-refractivity contribution in [1.82, 2.24) is 0 Å². The van der Waals surface area contributed by atoms with E-state index in [1.165, 1.54) is 6.42 Å². The molecule has 16 heavy (non-hydrogen) atoms. The maximum atomic E-state index is 12.8. The summed E-state index contributed by atoms with van der Waals surface area (Å²) in [6.07, 6.45) is 5.30. The van der Waals surface area contributed by atoms with E-state index in [0.29, 0.717) is 12.3 Å². The van der Waals surface area contributed by atoms with Crippen molar-refractivity contribution < 1.29 is 18.7 Å². The third kappa shape index (κ3) is 4.90. The van der Waals surface area contributed by atoms with E-state index in [1.54, 1.807) is 0 Å². The molecule has 1 aliphatic rings. The Bertz CT molecular complexity index is 230. The second-order valence-electron chi connectivity index (χ2n) is 5.05. The molecule has 1 N–H and O–H groups in total. The van der Waals surface area contributed by atoms with E-state index in [1.807, 2.05) is 0 Å². The van der Waals surface area contributed by atoms with E-state index in [4.69, 9.17) is 5.11 Å². The molecule has 1 unspecified atom stereocenters. The lowest BCUT2D eigenvalue weighted by atomic mass is 9.81. The quantitative estimate of drug-likeness (QED) is 0.787. The van der Waals surface area contributed by atoms with Crippen LogP contribution in [-0.4, -0.2) is 17.0 Å². The molecule has 0 amide bonds. The fourth-order valence-corrected chi connectivity index (χ4v) is 2.53. The number of aliphatic carboxylic acids is 1. The summed E-state index contributed by atoms with van der Waals surface area (Å²) in [7, 11) is 0. The van der Waals surface area contributed by atoms with Crippen LogP contribution in [0.2, 0.25) is 0 Å². The number of carbonyl (C=O) groups is 1. The van der Waals surface area contributed by atoms with E-state index in [2.05, 4.69) is 0 Å². The van der Waals surface area contributed by atoms with E-state index in [0.717, 1.165) is 32.6 Å². The van der Waals surface area contributed by atoms with Gasteiger partial charge in [0.15, 0.2) is 0 Å². The number of halogens is 2.